The van der Waals surface area contributed by atoms with Crippen LogP contribution in [-0.4, -0.2) is 9.55 Å². The van der Waals surface area contributed by atoms with Crippen molar-refractivity contribution in [2.75, 3.05) is 5.73 Å². The molecule has 108 valence electrons. The minimum Gasteiger partial charge on any atom is -0.399 e. The predicted molar refractivity (Wildman–Crippen MR) is 83.6 cm³/mol. The predicted octanol–water partition coefficient (Wildman–Crippen LogP) is 3.76. The second kappa shape index (κ2) is 5.56. The van der Waals surface area contributed by atoms with Gasteiger partial charge in [0.2, 0.25) is 0 Å². The van der Waals surface area contributed by atoms with Crippen LogP contribution in [0.3, 0.4) is 0 Å². The van der Waals surface area contributed by atoms with Crippen LogP contribution in [0.1, 0.15) is 24.7 Å². The van der Waals surface area contributed by atoms with Crippen molar-refractivity contribution in [2.24, 2.45) is 0 Å². The Hall–Kier alpha value is -2.36. The molecule has 0 saturated heterocycles. The van der Waals surface area contributed by atoms with Crippen LogP contribution < -0.4 is 5.73 Å². The summed E-state index contributed by atoms with van der Waals surface area (Å²) in [6.07, 6.45) is 1.48. The van der Waals surface area contributed by atoms with Crippen molar-refractivity contribution in [3.05, 3.63) is 59.7 Å². The Labute approximate surface area is 123 Å². The van der Waals surface area contributed by atoms with Gasteiger partial charge in [-0.2, -0.15) is 0 Å². The first-order valence-corrected chi connectivity index (χ1v) is 7.17. The van der Waals surface area contributed by atoms with Crippen molar-refractivity contribution >= 4 is 16.7 Å². The molecule has 0 aliphatic heterocycles. The Balaban J connectivity index is 2.05. The van der Waals surface area contributed by atoms with Crippen LogP contribution >= 0.6 is 0 Å². The second-order valence-electron chi connectivity index (χ2n) is 5.20. The average Bonchev–Trinajstić information content (AvgIpc) is 2.81. The molecule has 0 amide bonds. The van der Waals surface area contributed by atoms with Gasteiger partial charge in [-0.1, -0.05) is 25.1 Å². The van der Waals surface area contributed by atoms with Crippen molar-refractivity contribution < 1.29 is 4.39 Å². The van der Waals surface area contributed by atoms with Gasteiger partial charge in [0.1, 0.15) is 11.6 Å². The van der Waals surface area contributed by atoms with Crippen LogP contribution in [0.15, 0.2) is 42.5 Å². The number of aryl methyl sites for hydroxylation is 1. The normalized spacial score (nSPS) is 11.1. The summed E-state index contributed by atoms with van der Waals surface area (Å²) in [6.45, 7) is 3.01. The monoisotopic (exact) mass is 283 g/mol. The van der Waals surface area contributed by atoms with E-state index in [0.29, 0.717) is 17.7 Å². The number of anilines is 1. The Morgan fingerprint density at radius 2 is 2.00 bits per heavy atom. The van der Waals surface area contributed by atoms with Crippen LogP contribution in [0.25, 0.3) is 11.0 Å². The van der Waals surface area contributed by atoms with Gasteiger partial charge in [-0.3, -0.25) is 0 Å². The number of rotatable bonds is 4. The van der Waals surface area contributed by atoms with E-state index in [9.17, 15) is 4.39 Å². The van der Waals surface area contributed by atoms with E-state index >= 15 is 0 Å². The summed E-state index contributed by atoms with van der Waals surface area (Å²) in [6, 6.07) is 12.8. The molecule has 0 aliphatic carbocycles. The molecule has 1 aromatic heterocycles. The molecular formula is C17H18FN3. The lowest BCUT2D eigenvalue weighted by atomic mass is 10.1. The molecule has 3 nitrogen and oxygen atoms in total. The number of halogens is 1. The zero-order valence-electron chi connectivity index (χ0n) is 12.0. The van der Waals surface area contributed by atoms with Crippen LogP contribution in [0.5, 0.6) is 0 Å². The van der Waals surface area contributed by atoms with E-state index in [0.717, 1.165) is 29.8 Å². The first-order valence-electron chi connectivity index (χ1n) is 7.17. The van der Waals surface area contributed by atoms with Crippen molar-refractivity contribution in [1.82, 2.24) is 9.55 Å². The van der Waals surface area contributed by atoms with E-state index in [4.69, 9.17) is 5.73 Å². The zero-order valence-corrected chi connectivity index (χ0v) is 12.0. The fraction of sp³-hybridized carbons (Fsp3) is 0.235. The minimum atomic E-state index is -0.273. The molecule has 3 aromatic rings. The quantitative estimate of drug-likeness (QED) is 0.741. The van der Waals surface area contributed by atoms with E-state index in [-0.39, 0.29) is 5.82 Å². The molecule has 0 radical (unpaired) electrons. The topological polar surface area (TPSA) is 43.8 Å². The highest BCUT2D eigenvalue weighted by Crippen LogP contribution is 2.21. The molecule has 3 rings (SSSR count). The molecule has 21 heavy (non-hydrogen) atoms. The fourth-order valence-corrected chi connectivity index (χ4v) is 2.61. The van der Waals surface area contributed by atoms with E-state index in [1.165, 1.54) is 6.07 Å². The van der Waals surface area contributed by atoms with Gasteiger partial charge in [-0.05, 0) is 36.2 Å². The molecule has 0 aliphatic rings. The molecule has 0 bridgehead atoms. The van der Waals surface area contributed by atoms with Gasteiger partial charge in [-0.25, -0.2) is 9.37 Å². The summed E-state index contributed by atoms with van der Waals surface area (Å²) in [4.78, 5) is 4.66. The van der Waals surface area contributed by atoms with E-state index in [1.807, 2.05) is 18.2 Å². The van der Waals surface area contributed by atoms with Gasteiger partial charge < -0.3 is 10.3 Å². The molecule has 2 N–H and O–H groups in total. The number of para-hydroxylation sites is 2. The summed E-state index contributed by atoms with van der Waals surface area (Å²) in [7, 11) is 0. The van der Waals surface area contributed by atoms with Gasteiger partial charge >= 0.3 is 0 Å². The second-order valence-corrected chi connectivity index (χ2v) is 5.20. The largest absolute Gasteiger partial charge is 0.399 e. The average molecular weight is 283 g/mol. The number of hydrogen-bond acceptors (Lipinski definition) is 2. The van der Waals surface area contributed by atoms with Crippen molar-refractivity contribution in [3.8, 4) is 0 Å². The van der Waals surface area contributed by atoms with E-state index in [1.54, 1.807) is 12.1 Å². The Morgan fingerprint density at radius 1 is 1.19 bits per heavy atom. The molecule has 0 fully saturated rings. The van der Waals surface area contributed by atoms with Crippen LogP contribution in [0.4, 0.5) is 10.1 Å². The maximum atomic E-state index is 14.0. The summed E-state index contributed by atoms with van der Waals surface area (Å²) in [5.74, 6) is 0.617. The summed E-state index contributed by atoms with van der Waals surface area (Å²) in [5, 5.41) is 0. The summed E-state index contributed by atoms with van der Waals surface area (Å²) >= 11 is 0. The number of fused-ring (bicyclic) bond motifs is 1. The van der Waals surface area contributed by atoms with Gasteiger partial charge in [-0.15, -0.1) is 0 Å². The minimum absolute atomic E-state index is 0.273. The Bertz CT molecular complexity index is 777. The standard InChI is InChI=1S/C17H18FN3/c1-2-9-21-16-6-4-3-5-15(16)20-17(21)10-12-7-8-13(19)11-14(12)18/h3-8,11H,2,9-10,19H2,1H3. The highest BCUT2D eigenvalue weighted by atomic mass is 19.1. The van der Waals surface area contributed by atoms with Gasteiger partial charge in [0.15, 0.2) is 0 Å². The Kier molecular flexibility index (Phi) is 3.60. The smallest absolute Gasteiger partial charge is 0.128 e. The Morgan fingerprint density at radius 3 is 2.76 bits per heavy atom. The zero-order chi connectivity index (χ0) is 14.8. The molecule has 4 heteroatoms. The first-order chi connectivity index (χ1) is 10.2. The van der Waals surface area contributed by atoms with E-state index in [2.05, 4.69) is 22.5 Å². The number of nitrogens with zero attached hydrogens (tertiary/aromatic N) is 2. The van der Waals surface area contributed by atoms with Crippen LogP contribution in [0, 0.1) is 5.82 Å². The molecule has 0 spiro atoms. The number of aromatic nitrogens is 2. The lowest BCUT2D eigenvalue weighted by Crippen LogP contribution is -2.05. The summed E-state index contributed by atoms with van der Waals surface area (Å²) in [5.41, 5.74) is 8.72. The highest BCUT2D eigenvalue weighted by Gasteiger charge is 2.12. The number of imidazole rings is 1. The number of benzene rings is 2. The van der Waals surface area contributed by atoms with Crippen LogP contribution in [-0.2, 0) is 13.0 Å². The van der Waals surface area contributed by atoms with Gasteiger partial charge in [0, 0.05) is 18.7 Å². The van der Waals surface area contributed by atoms with Gasteiger partial charge in [0.25, 0.3) is 0 Å². The summed E-state index contributed by atoms with van der Waals surface area (Å²) < 4.78 is 16.2. The maximum absolute atomic E-state index is 14.0. The van der Waals surface area contributed by atoms with Gasteiger partial charge in [0.05, 0.1) is 11.0 Å². The third kappa shape index (κ3) is 2.61. The lowest BCUT2D eigenvalue weighted by molar-refractivity contribution is 0.605. The highest BCUT2D eigenvalue weighted by molar-refractivity contribution is 5.76. The molecule has 0 unspecified atom stereocenters. The molecular weight excluding hydrogens is 265 g/mol. The number of nitrogen functional groups attached to an aromatic ring is 1. The third-order valence-electron chi connectivity index (χ3n) is 3.61. The molecule has 0 atom stereocenters. The fourth-order valence-electron chi connectivity index (χ4n) is 2.61. The van der Waals surface area contributed by atoms with Crippen molar-refractivity contribution in [3.63, 3.8) is 0 Å². The third-order valence-corrected chi connectivity index (χ3v) is 3.61. The van der Waals surface area contributed by atoms with Crippen molar-refractivity contribution in [1.29, 1.82) is 0 Å². The van der Waals surface area contributed by atoms with E-state index < -0.39 is 0 Å². The van der Waals surface area contributed by atoms with Crippen LogP contribution in [0.2, 0.25) is 0 Å². The maximum Gasteiger partial charge on any atom is 0.128 e. The number of hydrogen-bond donors (Lipinski definition) is 1. The first kappa shape index (κ1) is 13.6. The SMILES string of the molecule is CCCn1c(Cc2ccc(N)cc2F)nc2ccccc21. The molecule has 0 saturated carbocycles. The lowest BCUT2D eigenvalue weighted by Gasteiger charge is -2.08. The van der Waals surface area contributed by atoms with Crippen molar-refractivity contribution in [2.45, 2.75) is 26.3 Å². The molecule has 2 aromatic carbocycles. The molecule has 1 heterocycles. The number of nitrogens with two attached hydrogens (primary N) is 1.